The van der Waals surface area contributed by atoms with Gasteiger partial charge in [0.1, 0.15) is 0 Å². The molecule has 1 aliphatic carbocycles. The number of nitrogens with one attached hydrogen (secondary N) is 1. The monoisotopic (exact) mass is 308 g/mol. The molecule has 0 unspecified atom stereocenters. The van der Waals surface area contributed by atoms with Gasteiger partial charge in [0.15, 0.2) is 0 Å². The zero-order chi connectivity index (χ0) is 16.1. The molecule has 1 fully saturated rings. The van der Waals surface area contributed by atoms with Gasteiger partial charge in [0, 0.05) is 19.1 Å². The highest BCUT2D eigenvalue weighted by Gasteiger charge is 2.29. The van der Waals surface area contributed by atoms with Gasteiger partial charge in [-0.05, 0) is 24.0 Å². The second-order valence-corrected chi connectivity index (χ2v) is 5.88. The van der Waals surface area contributed by atoms with Gasteiger partial charge >= 0.3 is 11.8 Å². The molecule has 1 N–H and O–H groups in total. The smallest absolute Gasteiger partial charge is 0.312 e. The maximum Gasteiger partial charge on any atom is 0.312 e. The van der Waals surface area contributed by atoms with Crippen molar-refractivity contribution in [2.75, 3.05) is 0 Å². The molecule has 2 aromatic carbocycles. The summed E-state index contributed by atoms with van der Waals surface area (Å²) in [6, 6.07) is 19.6. The first-order chi connectivity index (χ1) is 11.2. The molecule has 3 rings (SSSR count). The maximum absolute atomic E-state index is 12.5. The van der Waals surface area contributed by atoms with Crippen LogP contribution in [0.2, 0.25) is 0 Å². The fourth-order valence-electron chi connectivity index (χ4n) is 2.43. The van der Waals surface area contributed by atoms with Gasteiger partial charge < -0.3 is 10.2 Å². The molecule has 0 saturated heterocycles. The second kappa shape index (κ2) is 7.09. The average molecular weight is 308 g/mol. The van der Waals surface area contributed by atoms with Crippen molar-refractivity contribution in [3.8, 4) is 0 Å². The summed E-state index contributed by atoms with van der Waals surface area (Å²) in [5.74, 6) is -0.969. The van der Waals surface area contributed by atoms with Crippen molar-refractivity contribution in [1.29, 1.82) is 0 Å². The summed E-state index contributed by atoms with van der Waals surface area (Å²) in [7, 11) is 0. The van der Waals surface area contributed by atoms with Crippen LogP contribution in [-0.2, 0) is 22.7 Å². The highest BCUT2D eigenvalue weighted by atomic mass is 16.2. The molecule has 4 heteroatoms. The largest absolute Gasteiger partial charge is 0.345 e. The van der Waals surface area contributed by atoms with Crippen LogP contribution < -0.4 is 5.32 Å². The number of benzene rings is 2. The topological polar surface area (TPSA) is 49.4 Å². The normalized spacial score (nSPS) is 13.4. The highest BCUT2D eigenvalue weighted by Crippen LogP contribution is 2.19. The van der Waals surface area contributed by atoms with Gasteiger partial charge in [-0.25, -0.2) is 0 Å². The van der Waals surface area contributed by atoms with Crippen molar-refractivity contribution < 1.29 is 9.59 Å². The molecule has 118 valence electrons. The predicted octanol–water partition coefficient (Wildman–Crippen LogP) is 2.49. The minimum absolute atomic E-state index is 0.182. The fraction of sp³-hybridized carbons (Fsp3) is 0.263. The van der Waals surface area contributed by atoms with E-state index in [1.807, 2.05) is 60.7 Å². The van der Waals surface area contributed by atoms with E-state index in [4.69, 9.17) is 0 Å². The number of hydrogen-bond acceptors (Lipinski definition) is 2. The third kappa shape index (κ3) is 4.42. The van der Waals surface area contributed by atoms with Crippen LogP contribution in [0.15, 0.2) is 60.7 Å². The zero-order valence-corrected chi connectivity index (χ0v) is 12.9. The van der Waals surface area contributed by atoms with Crippen molar-refractivity contribution in [3.63, 3.8) is 0 Å². The van der Waals surface area contributed by atoms with Gasteiger partial charge in [0.2, 0.25) is 0 Å². The van der Waals surface area contributed by atoms with Crippen LogP contribution in [0, 0.1) is 0 Å². The maximum atomic E-state index is 12.5. The van der Waals surface area contributed by atoms with Crippen molar-refractivity contribution in [3.05, 3.63) is 71.8 Å². The summed E-state index contributed by atoms with van der Waals surface area (Å²) in [4.78, 5) is 26.2. The van der Waals surface area contributed by atoms with Crippen molar-refractivity contribution in [1.82, 2.24) is 10.2 Å². The molecule has 0 aromatic heterocycles. The van der Waals surface area contributed by atoms with E-state index >= 15 is 0 Å². The highest BCUT2D eigenvalue weighted by molar-refractivity contribution is 6.35. The molecule has 4 nitrogen and oxygen atoms in total. The Morgan fingerprint density at radius 3 is 1.78 bits per heavy atom. The lowest BCUT2D eigenvalue weighted by molar-refractivity contribution is -0.146. The lowest BCUT2D eigenvalue weighted by Crippen LogP contribution is -2.43. The Labute approximate surface area is 136 Å². The first-order valence-electron chi connectivity index (χ1n) is 7.90. The number of rotatable bonds is 5. The quantitative estimate of drug-likeness (QED) is 0.863. The van der Waals surface area contributed by atoms with Crippen LogP contribution in [-0.4, -0.2) is 22.8 Å². The number of nitrogens with zero attached hydrogens (tertiary/aromatic N) is 1. The minimum Gasteiger partial charge on any atom is -0.345 e. The van der Waals surface area contributed by atoms with Crippen LogP contribution in [0.4, 0.5) is 0 Å². The molecule has 1 aliphatic rings. The van der Waals surface area contributed by atoms with E-state index in [0.717, 1.165) is 24.0 Å². The Bertz CT molecular complexity index is 625. The average Bonchev–Trinajstić information content (AvgIpc) is 3.39. The Hall–Kier alpha value is -2.62. The Morgan fingerprint density at radius 1 is 0.870 bits per heavy atom. The summed E-state index contributed by atoms with van der Waals surface area (Å²) >= 11 is 0. The Balaban J connectivity index is 1.74. The first-order valence-corrected chi connectivity index (χ1v) is 7.90. The molecule has 0 aliphatic heterocycles. The van der Waals surface area contributed by atoms with E-state index in [0.29, 0.717) is 13.1 Å². The molecule has 0 bridgehead atoms. The molecule has 23 heavy (non-hydrogen) atoms. The summed E-state index contributed by atoms with van der Waals surface area (Å²) in [6.45, 7) is 0.847. The number of carbonyl (C=O) groups is 2. The van der Waals surface area contributed by atoms with E-state index in [-0.39, 0.29) is 6.04 Å². The van der Waals surface area contributed by atoms with Crippen LogP contribution >= 0.6 is 0 Å². The molecular weight excluding hydrogens is 288 g/mol. The van der Waals surface area contributed by atoms with Gasteiger partial charge in [0.25, 0.3) is 0 Å². The molecule has 2 aromatic rings. The van der Waals surface area contributed by atoms with Gasteiger partial charge in [0.05, 0.1) is 0 Å². The number of amides is 2. The standard InChI is InChI=1S/C19H20N2O2/c22-18(20-17-11-12-17)19(23)21(13-15-7-3-1-4-8-15)14-16-9-5-2-6-10-16/h1-10,17H,11-14H2,(H,20,22). The molecule has 0 radical (unpaired) electrons. The van der Waals surface area contributed by atoms with Gasteiger partial charge in [-0.2, -0.15) is 0 Å². The van der Waals surface area contributed by atoms with Crippen LogP contribution in [0.25, 0.3) is 0 Å². The summed E-state index contributed by atoms with van der Waals surface area (Å²) in [5.41, 5.74) is 2.02. The van der Waals surface area contributed by atoms with Crippen LogP contribution in [0.3, 0.4) is 0 Å². The third-order valence-electron chi connectivity index (χ3n) is 3.83. The SMILES string of the molecule is O=C(NC1CC1)C(=O)N(Cc1ccccc1)Cc1ccccc1. The van der Waals surface area contributed by atoms with E-state index in [9.17, 15) is 9.59 Å². The predicted molar refractivity (Wildman–Crippen MR) is 88.3 cm³/mol. The van der Waals surface area contributed by atoms with Crippen LogP contribution in [0.5, 0.6) is 0 Å². The molecular formula is C19H20N2O2. The molecule has 2 amide bonds. The van der Waals surface area contributed by atoms with Gasteiger partial charge in [-0.1, -0.05) is 60.7 Å². The first kappa shape index (κ1) is 15.3. The lowest BCUT2D eigenvalue weighted by atomic mass is 10.1. The van der Waals surface area contributed by atoms with E-state index in [1.165, 1.54) is 0 Å². The number of hydrogen-bond donors (Lipinski definition) is 1. The van der Waals surface area contributed by atoms with Gasteiger partial charge in [-0.15, -0.1) is 0 Å². The summed E-state index contributed by atoms with van der Waals surface area (Å²) < 4.78 is 0. The molecule has 0 spiro atoms. The van der Waals surface area contributed by atoms with Crippen molar-refractivity contribution >= 4 is 11.8 Å². The zero-order valence-electron chi connectivity index (χ0n) is 12.9. The van der Waals surface area contributed by atoms with Crippen LogP contribution in [0.1, 0.15) is 24.0 Å². The fourth-order valence-corrected chi connectivity index (χ4v) is 2.43. The van der Waals surface area contributed by atoms with Crippen molar-refractivity contribution in [2.45, 2.75) is 32.0 Å². The lowest BCUT2D eigenvalue weighted by Gasteiger charge is -2.22. The molecule has 1 saturated carbocycles. The summed E-state index contributed by atoms with van der Waals surface area (Å²) in [6.07, 6.45) is 1.94. The van der Waals surface area contributed by atoms with E-state index < -0.39 is 11.8 Å². The number of carbonyl (C=O) groups excluding carboxylic acids is 2. The molecule has 0 heterocycles. The Morgan fingerprint density at radius 2 is 1.35 bits per heavy atom. The Kier molecular flexibility index (Phi) is 4.71. The van der Waals surface area contributed by atoms with Gasteiger partial charge in [-0.3, -0.25) is 9.59 Å². The molecule has 0 atom stereocenters. The second-order valence-electron chi connectivity index (χ2n) is 5.88. The minimum atomic E-state index is -0.501. The van der Waals surface area contributed by atoms with E-state index in [1.54, 1.807) is 4.90 Å². The van der Waals surface area contributed by atoms with Crippen molar-refractivity contribution in [2.24, 2.45) is 0 Å². The van der Waals surface area contributed by atoms with E-state index in [2.05, 4.69) is 5.32 Å². The summed E-state index contributed by atoms with van der Waals surface area (Å²) in [5, 5.41) is 2.78. The third-order valence-corrected chi connectivity index (χ3v) is 3.83.